The van der Waals surface area contributed by atoms with E-state index in [9.17, 15) is 0 Å². The van der Waals surface area contributed by atoms with Gasteiger partial charge in [0.2, 0.25) is 0 Å². The smallest absolute Gasteiger partial charge is 0.146 e. The van der Waals surface area contributed by atoms with Gasteiger partial charge in [0.25, 0.3) is 0 Å². The molecule has 15 heavy (non-hydrogen) atoms. The second kappa shape index (κ2) is 4.00. The fourth-order valence-electron chi connectivity index (χ4n) is 1.35. The first kappa shape index (κ1) is 9.51. The summed E-state index contributed by atoms with van der Waals surface area (Å²) in [4.78, 5) is 4.07. The molecule has 1 aromatic heterocycles. The number of nitrogens with one attached hydrogen (secondary N) is 2. The van der Waals surface area contributed by atoms with Gasteiger partial charge in [-0.2, -0.15) is 5.10 Å². The lowest BCUT2D eigenvalue weighted by Gasteiger charge is -2.13. The molecule has 1 aromatic carbocycles. The van der Waals surface area contributed by atoms with Crippen LogP contribution in [0.15, 0.2) is 30.6 Å². The third-order valence-corrected chi connectivity index (χ3v) is 2.18. The average molecular weight is 203 g/mol. The highest BCUT2D eigenvalue weighted by Gasteiger charge is 2.08. The van der Waals surface area contributed by atoms with Crippen molar-refractivity contribution < 1.29 is 0 Å². The second-order valence-electron chi connectivity index (χ2n) is 3.32. The molecule has 0 amide bonds. The van der Waals surface area contributed by atoms with E-state index in [1.54, 1.807) is 0 Å². The molecule has 0 bridgehead atoms. The SMILES string of the molecule is CC(Nc1ccccc1N)c1ncn[nH]1. The van der Waals surface area contributed by atoms with E-state index in [1.165, 1.54) is 6.33 Å². The van der Waals surface area contributed by atoms with Crippen molar-refractivity contribution in [3.63, 3.8) is 0 Å². The molecule has 0 aliphatic heterocycles. The number of aromatic nitrogens is 3. The summed E-state index contributed by atoms with van der Waals surface area (Å²) in [5.74, 6) is 0.790. The van der Waals surface area contributed by atoms with E-state index >= 15 is 0 Å². The van der Waals surface area contributed by atoms with Crippen LogP contribution < -0.4 is 11.1 Å². The summed E-state index contributed by atoms with van der Waals surface area (Å²) in [6.45, 7) is 1.99. The topological polar surface area (TPSA) is 79.6 Å². The number of aromatic amines is 1. The number of hydrogen-bond donors (Lipinski definition) is 3. The third-order valence-electron chi connectivity index (χ3n) is 2.18. The maximum atomic E-state index is 5.81. The molecule has 2 aromatic rings. The molecule has 4 N–H and O–H groups in total. The molecule has 0 aliphatic carbocycles. The molecular formula is C10H13N5. The van der Waals surface area contributed by atoms with Gasteiger partial charge in [-0.1, -0.05) is 12.1 Å². The number of nitrogens with two attached hydrogens (primary N) is 1. The minimum absolute atomic E-state index is 0.0530. The Bertz CT molecular complexity index is 423. The van der Waals surface area contributed by atoms with E-state index in [4.69, 9.17) is 5.73 Å². The van der Waals surface area contributed by atoms with E-state index in [1.807, 2.05) is 31.2 Å². The number of anilines is 2. The van der Waals surface area contributed by atoms with Crippen LogP contribution in [-0.4, -0.2) is 15.2 Å². The number of rotatable bonds is 3. The molecule has 1 unspecified atom stereocenters. The summed E-state index contributed by atoms with van der Waals surface area (Å²) in [5.41, 5.74) is 7.44. The lowest BCUT2D eigenvalue weighted by molar-refractivity contribution is 0.796. The highest BCUT2D eigenvalue weighted by molar-refractivity contribution is 5.66. The summed E-state index contributed by atoms with van der Waals surface area (Å²) < 4.78 is 0. The van der Waals surface area contributed by atoms with Gasteiger partial charge >= 0.3 is 0 Å². The van der Waals surface area contributed by atoms with Crippen LogP contribution in [0, 0.1) is 0 Å². The molecule has 1 atom stereocenters. The predicted octanol–water partition coefficient (Wildman–Crippen LogP) is 1.56. The fraction of sp³-hybridized carbons (Fsp3) is 0.200. The number of benzene rings is 1. The van der Waals surface area contributed by atoms with E-state index in [0.29, 0.717) is 0 Å². The Balaban J connectivity index is 2.13. The summed E-state index contributed by atoms with van der Waals surface area (Å²) in [6.07, 6.45) is 1.49. The van der Waals surface area contributed by atoms with Crippen molar-refractivity contribution in [2.45, 2.75) is 13.0 Å². The van der Waals surface area contributed by atoms with Gasteiger partial charge < -0.3 is 11.1 Å². The predicted molar refractivity (Wildman–Crippen MR) is 59.3 cm³/mol. The van der Waals surface area contributed by atoms with Crippen molar-refractivity contribution in [2.75, 3.05) is 11.1 Å². The normalized spacial score (nSPS) is 12.3. The highest BCUT2D eigenvalue weighted by atomic mass is 15.2. The van der Waals surface area contributed by atoms with Crippen molar-refractivity contribution in [1.29, 1.82) is 0 Å². The largest absolute Gasteiger partial charge is 0.397 e. The zero-order valence-electron chi connectivity index (χ0n) is 8.44. The molecule has 1 heterocycles. The zero-order chi connectivity index (χ0) is 10.7. The maximum absolute atomic E-state index is 5.81. The third kappa shape index (κ3) is 2.07. The minimum Gasteiger partial charge on any atom is -0.397 e. The van der Waals surface area contributed by atoms with Gasteiger partial charge in [0, 0.05) is 0 Å². The summed E-state index contributed by atoms with van der Waals surface area (Å²) >= 11 is 0. The molecule has 0 aliphatic rings. The van der Waals surface area contributed by atoms with Crippen LogP contribution >= 0.6 is 0 Å². The van der Waals surface area contributed by atoms with Crippen LogP contribution in [0.2, 0.25) is 0 Å². The Morgan fingerprint density at radius 2 is 2.20 bits per heavy atom. The minimum atomic E-state index is 0.0530. The second-order valence-corrected chi connectivity index (χ2v) is 3.32. The first-order valence-corrected chi connectivity index (χ1v) is 4.73. The van der Waals surface area contributed by atoms with Gasteiger partial charge in [0.15, 0.2) is 0 Å². The van der Waals surface area contributed by atoms with Gasteiger partial charge in [-0.05, 0) is 19.1 Å². The fourth-order valence-corrected chi connectivity index (χ4v) is 1.35. The monoisotopic (exact) mass is 203 g/mol. The van der Waals surface area contributed by atoms with E-state index < -0.39 is 0 Å². The Kier molecular flexibility index (Phi) is 2.53. The van der Waals surface area contributed by atoms with Crippen LogP contribution in [0.1, 0.15) is 18.8 Å². The molecule has 0 spiro atoms. The van der Waals surface area contributed by atoms with E-state index in [2.05, 4.69) is 20.5 Å². The number of nitrogens with zero attached hydrogens (tertiary/aromatic N) is 2. The Hall–Kier alpha value is -2.04. The van der Waals surface area contributed by atoms with E-state index in [0.717, 1.165) is 17.2 Å². The van der Waals surface area contributed by atoms with Crippen LogP contribution in [0.4, 0.5) is 11.4 Å². The molecule has 5 heteroatoms. The molecule has 2 rings (SSSR count). The quantitative estimate of drug-likeness (QED) is 0.661. The van der Waals surface area contributed by atoms with Crippen LogP contribution in [0.3, 0.4) is 0 Å². The van der Waals surface area contributed by atoms with Crippen LogP contribution in [-0.2, 0) is 0 Å². The maximum Gasteiger partial charge on any atom is 0.146 e. The van der Waals surface area contributed by atoms with Gasteiger partial charge in [0.05, 0.1) is 17.4 Å². The first-order chi connectivity index (χ1) is 7.27. The molecule has 5 nitrogen and oxygen atoms in total. The Morgan fingerprint density at radius 3 is 2.87 bits per heavy atom. The number of para-hydroxylation sites is 2. The van der Waals surface area contributed by atoms with Gasteiger partial charge in [-0.25, -0.2) is 4.98 Å². The molecule has 78 valence electrons. The van der Waals surface area contributed by atoms with E-state index in [-0.39, 0.29) is 6.04 Å². The van der Waals surface area contributed by atoms with Gasteiger partial charge in [-0.3, -0.25) is 5.10 Å². The Labute approximate surface area is 87.7 Å². The summed E-state index contributed by atoms with van der Waals surface area (Å²) in [7, 11) is 0. The number of H-pyrrole nitrogens is 1. The zero-order valence-corrected chi connectivity index (χ0v) is 8.44. The standard InChI is InChI=1S/C10H13N5/c1-7(10-12-6-13-15-10)14-9-5-3-2-4-8(9)11/h2-7,14H,11H2,1H3,(H,12,13,15). The highest BCUT2D eigenvalue weighted by Crippen LogP contribution is 2.21. The van der Waals surface area contributed by atoms with Crippen molar-refractivity contribution in [3.8, 4) is 0 Å². The van der Waals surface area contributed by atoms with Crippen LogP contribution in [0.25, 0.3) is 0 Å². The van der Waals surface area contributed by atoms with Crippen LogP contribution in [0.5, 0.6) is 0 Å². The van der Waals surface area contributed by atoms with Gasteiger partial charge in [0.1, 0.15) is 12.2 Å². The van der Waals surface area contributed by atoms with Crippen molar-refractivity contribution in [2.24, 2.45) is 0 Å². The molecule has 0 saturated heterocycles. The summed E-state index contributed by atoms with van der Waals surface area (Å²) in [5, 5.41) is 9.87. The number of nitrogen functional groups attached to an aromatic ring is 1. The average Bonchev–Trinajstić information content (AvgIpc) is 2.74. The first-order valence-electron chi connectivity index (χ1n) is 4.73. The Morgan fingerprint density at radius 1 is 1.40 bits per heavy atom. The lowest BCUT2D eigenvalue weighted by Crippen LogP contribution is -2.09. The van der Waals surface area contributed by atoms with Gasteiger partial charge in [-0.15, -0.1) is 0 Å². The van der Waals surface area contributed by atoms with Crippen molar-refractivity contribution in [1.82, 2.24) is 15.2 Å². The molecule has 0 fully saturated rings. The lowest BCUT2D eigenvalue weighted by atomic mass is 10.2. The number of hydrogen-bond acceptors (Lipinski definition) is 4. The van der Waals surface area contributed by atoms with Crippen molar-refractivity contribution >= 4 is 11.4 Å². The molecular weight excluding hydrogens is 190 g/mol. The summed E-state index contributed by atoms with van der Waals surface area (Å²) in [6, 6.07) is 7.68. The van der Waals surface area contributed by atoms with Crippen molar-refractivity contribution in [3.05, 3.63) is 36.4 Å². The molecule has 0 radical (unpaired) electrons. The molecule has 0 saturated carbocycles.